The number of likely N-dealkylation sites (tertiary alicyclic amines) is 1. The molecule has 21 heavy (non-hydrogen) atoms. The second-order valence-electron chi connectivity index (χ2n) is 5.02. The third-order valence-electron chi connectivity index (χ3n) is 3.49. The fourth-order valence-corrected chi connectivity index (χ4v) is 2.87. The van der Waals surface area contributed by atoms with Gasteiger partial charge in [-0.15, -0.1) is 0 Å². The van der Waals surface area contributed by atoms with Crippen LogP contribution in [0.4, 0.5) is 9.18 Å². The molecule has 0 atom stereocenters. The molecule has 1 amide bonds. The number of nitrogens with zero attached hydrogens (tertiary/aromatic N) is 2. The average Bonchev–Trinajstić information content (AvgIpc) is 2.48. The second kappa shape index (κ2) is 5.97. The number of hydrogen-bond acceptors (Lipinski definition) is 3. The van der Waals surface area contributed by atoms with Crippen molar-refractivity contribution in [2.24, 2.45) is 0 Å². The number of amides is 1. The quantitative estimate of drug-likeness (QED) is 0.775. The Hall–Kier alpha value is -1.69. The predicted octanol–water partition coefficient (Wildman–Crippen LogP) is 4.12. The van der Waals surface area contributed by atoms with Crippen LogP contribution in [-0.2, 0) is 0 Å². The summed E-state index contributed by atoms with van der Waals surface area (Å²) in [4.78, 5) is 17.8. The zero-order valence-corrected chi connectivity index (χ0v) is 12.9. The Labute approximate surface area is 130 Å². The van der Waals surface area contributed by atoms with E-state index in [0.29, 0.717) is 22.9 Å². The molecule has 1 aromatic heterocycles. The van der Waals surface area contributed by atoms with E-state index in [0.717, 1.165) is 19.3 Å². The van der Waals surface area contributed by atoms with Crippen molar-refractivity contribution in [3.8, 4) is 5.88 Å². The second-order valence-corrected chi connectivity index (χ2v) is 5.94. The van der Waals surface area contributed by atoms with Gasteiger partial charge in [0.25, 0.3) is 0 Å². The molecule has 2 aromatic rings. The summed E-state index contributed by atoms with van der Waals surface area (Å²) in [5.74, 6) is -0.324. The lowest BCUT2D eigenvalue weighted by molar-refractivity contribution is 0.141. The fraction of sp³-hybridized carbons (Fsp3) is 0.333. The normalized spacial score (nSPS) is 15.2. The van der Waals surface area contributed by atoms with Crippen molar-refractivity contribution in [2.75, 3.05) is 13.1 Å². The zero-order chi connectivity index (χ0) is 14.8. The monoisotopic (exact) mass is 352 g/mol. The van der Waals surface area contributed by atoms with E-state index in [1.807, 2.05) is 0 Å². The number of carbonyl (C=O) groups excluding carboxylic acids is 1. The molecule has 4 nitrogen and oxygen atoms in total. The highest BCUT2D eigenvalue weighted by molar-refractivity contribution is 9.10. The first-order valence-electron chi connectivity index (χ1n) is 6.86. The van der Waals surface area contributed by atoms with Gasteiger partial charge in [-0.1, -0.05) is 15.9 Å². The van der Waals surface area contributed by atoms with Crippen molar-refractivity contribution < 1.29 is 13.9 Å². The van der Waals surface area contributed by atoms with Gasteiger partial charge < -0.3 is 9.64 Å². The van der Waals surface area contributed by atoms with E-state index in [1.165, 1.54) is 6.07 Å². The van der Waals surface area contributed by atoms with E-state index in [1.54, 1.807) is 23.1 Å². The van der Waals surface area contributed by atoms with Crippen LogP contribution < -0.4 is 4.74 Å². The molecule has 0 radical (unpaired) electrons. The summed E-state index contributed by atoms with van der Waals surface area (Å²) in [5, 5.41) is 0.652. The number of rotatable bonds is 1. The van der Waals surface area contributed by atoms with Gasteiger partial charge in [0.15, 0.2) is 5.82 Å². The lowest BCUT2D eigenvalue weighted by Crippen LogP contribution is -2.37. The number of benzene rings is 1. The number of fused-ring (bicyclic) bond motifs is 1. The van der Waals surface area contributed by atoms with E-state index in [4.69, 9.17) is 4.74 Å². The van der Waals surface area contributed by atoms with Crippen LogP contribution in [0.3, 0.4) is 0 Å². The van der Waals surface area contributed by atoms with Crippen molar-refractivity contribution in [1.29, 1.82) is 0 Å². The predicted molar refractivity (Wildman–Crippen MR) is 80.8 cm³/mol. The van der Waals surface area contributed by atoms with Gasteiger partial charge in [-0.2, -0.15) is 0 Å². The van der Waals surface area contributed by atoms with Gasteiger partial charge in [-0.3, -0.25) is 0 Å². The number of carbonyl (C=O) groups is 1. The highest BCUT2D eigenvalue weighted by Gasteiger charge is 2.19. The summed E-state index contributed by atoms with van der Waals surface area (Å²) < 4.78 is 19.8. The summed E-state index contributed by atoms with van der Waals surface area (Å²) in [7, 11) is 0. The number of aromatic nitrogens is 1. The van der Waals surface area contributed by atoms with E-state index in [-0.39, 0.29) is 11.4 Å². The van der Waals surface area contributed by atoms with Gasteiger partial charge in [-0.25, -0.2) is 14.2 Å². The van der Waals surface area contributed by atoms with Crippen molar-refractivity contribution in [2.45, 2.75) is 19.3 Å². The minimum atomic E-state index is -0.449. The van der Waals surface area contributed by atoms with Gasteiger partial charge in [0.2, 0.25) is 5.88 Å². The van der Waals surface area contributed by atoms with Crippen LogP contribution >= 0.6 is 15.9 Å². The van der Waals surface area contributed by atoms with Gasteiger partial charge in [0, 0.05) is 29.0 Å². The molecule has 3 rings (SSSR count). The van der Waals surface area contributed by atoms with E-state index in [2.05, 4.69) is 20.9 Å². The molecule has 0 aliphatic carbocycles. The van der Waals surface area contributed by atoms with Crippen molar-refractivity contribution in [3.63, 3.8) is 0 Å². The number of pyridine rings is 1. The first-order valence-corrected chi connectivity index (χ1v) is 7.65. The third kappa shape index (κ3) is 3.15. The van der Waals surface area contributed by atoms with Crippen LogP contribution in [0.5, 0.6) is 5.88 Å². The molecule has 2 heterocycles. The topological polar surface area (TPSA) is 42.4 Å². The summed E-state index contributed by atoms with van der Waals surface area (Å²) >= 11 is 3.23. The number of piperidine rings is 1. The lowest BCUT2D eigenvalue weighted by atomic mass is 10.1. The van der Waals surface area contributed by atoms with Crippen LogP contribution in [0.1, 0.15) is 19.3 Å². The Balaban J connectivity index is 1.82. The lowest BCUT2D eigenvalue weighted by Gasteiger charge is -2.25. The molecule has 0 saturated carbocycles. The molecule has 110 valence electrons. The molecular weight excluding hydrogens is 339 g/mol. The SMILES string of the molecule is O=C(Oc1ccc2cc(Br)cc(F)c2n1)N1CCCCC1. The molecule has 1 fully saturated rings. The summed E-state index contributed by atoms with van der Waals surface area (Å²) in [6.45, 7) is 1.40. The van der Waals surface area contributed by atoms with Crippen molar-refractivity contribution >= 4 is 32.9 Å². The van der Waals surface area contributed by atoms with Crippen LogP contribution in [0.2, 0.25) is 0 Å². The van der Waals surface area contributed by atoms with Gasteiger partial charge in [0.1, 0.15) is 5.52 Å². The van der Waals surface area contributed by atoms with Gasteiger partial charge in [-0.05, 0) is 37.5 Å². The molecule has 6 heteroatoms. The Morgan fingerprint density at radius 1 is 1.24 bits per heavy atom. The maximum Gasteiger partial charge on any atom is 0.416 e. The van der Waals surface area contributed by atoms with E-state index >= 15 is 0 Å². The van der Waals surface area contributed by atoms with Crippen LogP contribution in [0.25, 0.3) is 10.9 Å². The van der Waals surface area contributed by atoms with Crippen LogP contribution in [0, 0.1) is 5.82 Å². The molecule has 1 aliphatic heterocycles. The molecule has 1 aromatic carbocycles. The zero-order valence-electron chi connectivity index (χ0n) is 11.3. The molecule has 0 unspecified atom stereocenters. The minimum absolute atomic E-state index is 0.124. The smallest absolute Gasteiger partial charge is 0.391 e. The molecular formula is C15H14BrFN2O2. The molecule has 0 spiro atoms. The maximum absolute atomic E-state index is 13.9. The third-order valence-corrected chi connectivity index (χ3v) is 3.95. The van der Waals surface area contributed by atoms with Crippen molar-refractivity contribution in [3.05, 3.63) is 34.6 Å². The molecule has 1 aliphatic rings. The summed E-state index contributed by atoms with van der Waals surface area (Å²) in [6.07, 6.45) is 2.70. The maximum atomic E-state index is 13.9. The Morgan fingerprint density at radius 2 is 2.00 bits per heavy atom. The first kappa shape index (κ1) is 14.3. The number of hydrogen-bond donors (Lipinski definition) is 0. The fourth-order valence-electron chi connectivity index (χ4n) is 2.43. The molecule has 0 bridgehead atoms. The number of halogens is 2. The van der Waals surface area contributed by atoms with Crippen LogP contribution in [-0.4, -0.2) is 29.1 Å². The Morgan fingerprint density at radius 3 is 2.76 bits per heavy atom. The molecule has 0 N–H and O–H groups in total. The first-order chi connectivity index (χ1) is 10.1. The van der Waals surface area contributed by atoms with Crippen LogP contribution in [0.15, 0.2) is 28.7 Å². The Kier molecular flexibility index (Phi) is 4.05. The molecule has 1 saturated heterocycles. The van der Waals surface area contributed by atoms with Crippen molar-refractivity contribution in [1.82, 2.24) is 9.88 Å². The summed E-state index contributed by atoms with van der Waals surface area (Å²) in [5.41, 5.74) is 0.196. The average molecular weight is 353 g/mol. The van der Waals surface area contributed by atoms with Gasteiger partial charge in [0.05, 0.1) is 0 Å². The number of ether oxygens (including phenoxy) is 1. The summed E-state index contributed by atoms with van der Waals surface area (Å²) in [6, 6.07) is 6.37. The highest BCUT2D eigenvalue weighted by Crippen LogP contribution is 2.24. The standard InChI is InChI=1S/C15H14BrFN2O2/c16-11-8-10-4-5-13(18-14(10)12(17)9-11)21-15(20)19-6-2-1-3-7-19/h4-5,8-9H,1-3,6-7H2. The van der Waals surface area contributed by atoms with E-state index in [9.17, 15) is 9.18 Å². The highest BCUT2D eigenvalue weighted by atomic mass is 79.9. The van der Waals surface area contributed by atoms with E-state index < -0.39 is 11.9 Å². The largest absolute Gasteiger partial charge is 0.416 e. The van der Waals surface area contributed by atoms with Gasteiger partial charge >= 0.3 is 6.09 Å². The Bertz CT molecular complexity index is 687. The minimum Gasteiger partial charge on any atom is -0.391 e.